The first kappa shape index (κ1) is 21.4. The van der Waals surface area contributed by atoms with Crippen LogP contribution in [0.3, 0.4) is 0 Å². The van der Waals surface area contributed by atoms with Crippen LogP contribution in [0.2, 0.25) is 0 Å². The molecular weight excluding hydrogens is 521 g/mol. The maximum absolute atomic E-state index is 14.2. The summed E-state index contributed by atoms with van der Waals surface area (Å²) >= 11 is 2.24. The molecule has 5 heteroatoms. The summed E-state index contributed by atoms with van der Waals surface area (Å²) in [6.45, 7) is 1.98. The van der Waals surface area contributed by atoms with Crippen molar-refractivity contribution in [1.29, 1.82) is 10.5 Å². The predicted octanol–water partition coefficient (Wildman–Crippen LogP) is 5.88. The van der Waals surface area contributed by atoms with E-state index in [4.69, 9.17) is 0 Å². The Bertz CT molecular complexity index is 1350. The number of hydrogen-bond acceptors (Lipinski definition) is 4. The molecule has 160 valence electrons. The first-order chi connectivity index (χ1) is 16.0. The second-order valence-electron chi connectivity index (χ2n) is 8.54. The molecule has 0 bridgehead atoms. The number of hydrogen-bond donors (Lipinski definition) is 0. The van der Waals surface area contributed by atoms with Gasteiger partial charge in [0.05, 0.1) is 18.2 Å². The number of Topliss-reactive ketones (excluding diaryl/α,β-unsaturated/α-hetero) is 1. The third kappa shape index (κ3) is 3.19. The maximum atomic E-state index is 14.2. The van der Waals surface area contributed by atoms with Crippen molar-refractivity contribution in [3.8, 4) is 12.1 Å². The first-order valence-corrected chi connectivity index (χ1v) is 11.8. The highest BCUT2D eigenvalue weighted by atomic mass is 127. The van der Waals surface area contributed by atoms with Gasteiger partial charge in [0.2, 0.25) is 0 Å². The minimum atomic E-state index is -1.42. The van der Waals surface area contributed by atoms with Crippen LogP contribution in [-0.4, -0.2) is 17.9 Å². The molecular formula is C28H20IN3O. The maximum Gasteiger partial charge on any atom is 0.185 e. The Morgan fingerprint density at radius 3 is 2.33 bits per heavy atom. The van der Waals surface area contributed by atoms with Crippen molar-refractivity contribution in [3.05, 3.63) is 105 Å². The van der Waals surface area contributed by atoms with Gasteiger partial charge in [-0.2, -0.15) is 10.5 Å². The lowest BCUT2D eigenvalue weighted by molar-refractivity contribution is 0.0951. The molecule has 1 fully saturated rings. The van der Waals surface area contributed by atoms with E-state index in [2.05, 4.69) is 34.7 Å². The van der Waals surface area contributed by atoms with Gasteiger partial charge in [-0.1, -0.05) is 78.4 Å². The Labute approximate surface area is 206 Å². The molecule has 2 heterocycles. The standard InChI is InChI=1S/C28H20IN3O/c1-18-10-12-20(13-11-18)27(33)26-25(21-7-3-4-8-22(21)29)28(16-30,17-31)24-15-14-19-6-2-5-9-23(19)32(24)26/h2-15,24-26H,1H3/t24-,25-,26+/m1/s1. The molecule has 5 rings (SSSR count). The average Bonchev–Trinajstić information content (AvgIpc) is 3.15. The van der Waals surface area contributed by atoms with Gasteiger partial charge in [0.1, 0.15) is 6.04 Å². The number of halogens is 1. The number of carbonyl (C=O) groups excluding carboxylic acids is 1. The summed E-state index contributed by atoms with van der Waals surface area (Å²) < 4.78 is 0.939. The number of nitrogens with zero attached hydrogens (tertiary/aromatic N) is 3. The molecule has 3 atom stereocenters. The van der Waals surface area contributed by atoms with Gasteiger partial charge in [-0.05, 0) is 52.8 Å². The number of carbonyl (C=O) groups is 1. The molecule has 0 aromatic heterocycles. The molecule has 4 nitrogen and oxygen atoms in total. The summed E-state index contributed by atoms with van der Waals surface area (Å²) in [7, 11) is 0. The molecule has 33 heavy (non-hydrogen) atoms. The fourth-order valence-corrected chi connectivity index (χ4v) is 5.92. The van der Waals surface area contributed by atoms with Crippen LogP contribution in [-0.2, 0) is 0 Å². The fraction of sp³-hybridized carbons (Fsp3) is 0.179. The molecule has 0 saturated carbocycles. The first-order valence-electron chi connectivity index (χ1n) is 10.7. The van der Waals surface area contributed by atoms with Crippen LogP contribution in [0.1, 0.15) is 33.0 Å². The lowest BCUT2D eigenvalue weighted by atomic mass is 9.69. The Hall–Kier alpha value is -3.42. The molecule has 0 N–H and O–H groups in total. The van der Waals surface area contributed by atoms with Crippen molar-refractivity contribution in [2.45, 2.75) is 24.9 Å². The van der Waals surface area contributed by atoms with Gasteiger partial charge in [-0.25, -0.2) is 0 Å². The fourth-order valence-electron chi connectivity index (χ4n) is 5.19. The largest absolute Gasteiger partial charge is 0.351 e. The summed E-state index contributed by atoms with van der Waals surface area (Å²) in [6, 6.07) is 26.6. The van der Waals surface area contributed by atoms with E-state index in [9.17, 15) is 15.3 Å². The smallest absolute Gasteiger partial charge is 0.185 e. The van der Waals surface area contributed by atoms with Gasteiger partial charge >= 0.3 is 0 Å². The van der Waals surface area contributed by atoms with Gasteiger partial charge in [0.25, 0.3) is 0 Å². The Kier molecular flexibility index (Phi) is 5.31. The quantitative estimate of drug-likeness (QED) is 0.307. The van der Waals surface area contributed by atoms with Gasteiger partial charge in [0.15, 0.2) is 11.2 Å². The van der Waals surface area contributed by atoms with E-state index in [1.807, 2.05) is 96.8 Å². The highest BCUT2D eigenvalue weighted by Gasteiger charge is 2.63. The molecule has 3 aromatic carbocycles. The number of aryl methyl sites for hydroxylation is 1. The number of nitriles is 2. The third-order valence-electron chi connectivity index (χ3n) is 6.76. The summed E-state index contributed by atoms with van der Waals surface area (Å²) in [5.74, 6) is -0.697. The third-order valence-corrected chi connectivity index (χ3v) is 7.74. The summed E-state index contributed by atoms with van der Waals surface area (Å²) in [5.41, 5.74) is 2.93. The van der Waals surface area contributed by atoms with Crippen molar-refractivity contribution >= 4 is 40.1 Å². The number of anilines is 1. The second kappa shape index (κ2) is 8.17. The van der Waals surface area contributed by atoms with E-state index in [1.165, 1.54) is 0 Å². The van der Waals surface area contributed by atoms with Crippen molar-refractivity contribution in [3.63, 3.8) is 0 Å². The van der Waals surface area contributed by atoms with Crippen molar-refractivity contribution in [2.24, 2.45) is 5.41 Å². The van der Waals surface area contributed by atoms with Crippen LogP contribution in [0.5, 0.6) is 0 Å². The molecule has 2 aliphatic heterocycles. The molecule has 0 spiro atoms. The number of fused-ring (bicyclic) bond motifs is 3. The number of ketones is 1. The zero-order valence-electron chi connectivity index (χ0n) is 17.9. The molecule has 0 radical (unpaired) electrons. The summed E-state index contributed by atoms with van der Waals surface area (Å²) in [6.07, 6.45) is 3.88. The van der Waals surface area contributed by atoms with E-state index < -0.39 is 23.4 Å². The van der Waals surface area contributed by atoms with Gasteiger partial charge < -0.3 is 4.90 Å². The van der Waals surface area contributed by atoms with Gasteiger partial charge in [-0.3, -0.25) is 4.79 Å². The topological polar surface area (TPSA) is 67.9 Å². The number of para-hydroxylation sites is 1. The van der Waals surface area contributed by atoms with Crippen LogP contribution in [0.25, 0.3) is 6.08 Å². The van der Waals surface area contributed by atoms with Crippen LogP contribution in [0, 0.1) is 38.6 Å². The highest BCUT2D eigenvalue weighted by Crippen LogP contribution is 2.56. The molecule has 3 aromatic rings. The SMILES string of the molecule is Cc1ccc(C(=O)[C@@H]2[C@@H](c3ccccc3I)C(C#N)(C#N)[C@H]3C=Cc4ccccc4N23)cc1. The normalized spacial score (nSPS) is 22.1. The summed E-state index contributed by atoms with van der Waals surface area (Å²) in [5, 5.41) is 21.0. The monoisotopic (exact) mass is 541 g/mol. The number of benzene rings is 3. The zero-order chi connectivity index (χ0) is 23.2. The molecule has 2 aliphatic rings. The average molecular weight is 541 g/mol. The van der Waals surface area contributed by atoms with Crippen molar-refractivity contribution in [2.75, 3.05) is 4.90 Å². The van der Waals surface area contributed by atoms with Gasteiger partial charge in [-0.15, -0.1) is 0 Å². The molecule has 1 saturated heterocycles. The van der Waals surface area contributed by atoms with E-state index in [1.54, 1.807) is 0 Å². The zero-order valence-corrected chi connectivity index (χ0v) is 20.1. The Morgan fingerprint density at radius 1 is 0.970 bits per heavy atom. The Morgan fingerprint density at radius 2 is 1.64 bits per heavy atom. The van der Waals surface area contributed by atoms with Crippen LogP contribution in [0.4, 0.5) is 5.69 Å². The highest BCUT2D eigenvalue weighted by molar-refractivity contribution is 14.1. The predicted molar refractivity (Wildman–Crippen MR) is 137 cm³/mol. The van der Waals surface area contributed by atoms with E-state index in [0.717, 1.165) is 25.9 Å². The van der Waals surface area contributed by atoms with Gasteiger partial charge in [0, 0.05) is 20.7 Å². The van der Waals surface area contributed by atoms with E-state index in [-0.39, 0.29) is 5.78 Å². The van der Waals surface area contributed by atoms with E-state index in [0.29, 0.717) is 5.56 Å². The molecule has 0 amide bonds. The Balaban J connectivity index is 1.80. The lowest BCUT2D eigenvalue weighted by Gasteiger charge is -2.35. The minimum absolute atomic E-state index is 0.0814. The van der Waals surface area contributed by atoms with Crippen LogP contribution in [0.15, 0.2) is 78.9 Å². The second-order valence-corrected chi connectivity index (χ2v) is 9.70. The lowest BCUT2D eigenvalue weighted by Crippen LogP contribution is -2.44. The van der Waals surface area contributed by atoms with Crippen LogP contribution < -0.4 is 4.90 Å². The van der Waals surface area contributed by atoms with E-state index >= 15 is 0 Å². The summed E-state index contributed by atoms with van der Waals surface area (Å²) in [4.78, 5) is 16.2. The number of rotatable bonds is 3. The van der Waals surface area contributed by atoms with Crippen LogP contribution >= 0.6 is 22.6 Å². The van der Waals surface area contributed by atoms with Crippen molar-refractivity contribution < 1.29 is 4.79 Å². The van der Waals surface area contributed by atoms with Crippen molar-refractivity contribution in [1.82, 2.24) is 0 Å². The molecule has 0 aliphatic carbocycles. The minimum Gasteiger partial charge on any atom is -0.351 e. The molecule has 0 unspecified atom stereocenters.